The largest absolute Gasteiger partial charge is 0.493 e. The van der Waals surface area contributed by atoms with Crippen LogP contribution in [0.25, 0.3) is 0 Å². The van der Waals surface area contributed by atoms with Crippen LogP contribution in [0.2, 0.25) is 0 Å². The Labute approximate surface area is 196 Å². The van der Waals surface area contributed by atoms with Crippen LogP contribution in [-0.2, 0) is 27.2 Å². The summed E-state index contributed by atoms with van der Waals surface area (Å²) < 4.78 is 39.0. The minimum absolute atomic E-state index is 0.447. The van der Waals surface area contributed by atoms with E-state index in [1.165, 1.54) is 5.56 Å². The summed E-state index contributed by atoms with van der Waals surface area (Å²) in [5.41, 5.74) is 2.30. The third-order valence-corrected chi connectivity index (χ3v) is 5.09. The zero-order valence-corrected chi connectivity index (χ0v) is 19.6. The highest BCUT2D eigenvalue weighted by atomic mass is 16.6. The van der Waals surface area contributed by atoms with Gasteiger partial charge in [0.25, 0.3) is 0 Å². The molecule has 0 aliphatic carbocycles. The molecule has 8 nitrogen and oxygen atoms in total. The Hall–Kier alpha value is -2.52. The van der Waals surface area contributed by atoms with Crippen LogP contribution in [-0.4, -0.2) is 73.6 Å². The Kier molecular flexibility index (Phi) is 11.1. The molecule has 0 spiro atoms. The highest BCUT2D eigenvalue weighted by Gasteiger charge is 2.09. The van der Waals surface area contributed by atoms with Crippen LogP contribution in [0.5, 0.6) is 23.0 Å². The minimum atomic E-state index is 0.447. The lowest BCUT2D eigenvalue weighted by atomic mass is 10.1. The molecule has 3 rings (SSSR count). The number of methoxy groups -OCH3 is 2. The fourth-order valence-corrected chi connectivity index (χ4v) is 3.36. The lowest BCUT2D eigenvalue weighted by molar-refractivity contribution is 0.00708. The molecule has 8 heteroatoms. The molecule has 33 heavy (non-hydrogen) atoms. The van der Waals surface area contributed by atoms with Crippen molar-refractivity contribution in [3.63, 3.8) is 0 Å². The van der Waals surface area contributed by atoms with Crippen molar-refractivity contribution in [3.8, 4) is 23.0 Å². The van der Waals surface area contributed by atoms with Gasteiger partial charge in [-0.15, -0.1) is 0 Å². The number of hydrogen-bond donors (Lipinski definition) is 1. The predicted molar refractivity (Wildman–Crippen MR) is 125 cm³/mol. The summed E-state index contributed by atoms with van der Waals surface area (Å²) in [6.07, 6.45) is 0.881. The first-order chi connectivity index (χ1) is 16.3. The molecule has 182 valence electrons. The maximum atomic E-state index is 5.94. The van der Waals surface area contributed by atoms with Gasteiger partial charge < -0.3 is 38.5 Å². The zero-order chi connectivity index (χ0) is 23.1. The summed E-state index contributed by atoms with van der Waals surface area (Å²) in [7, 11) is 3.29. The van der Waals surface area contributed by atoms with Crippen LogP contribution < -0.4 is 24.3 Å². The highest BCUT2D eigenvalue weighted by molar-refractivity contribution is 5.44. The average molecular weight is 462 g/mol. The Balaban J connectivity index is 1.52. The second kappa shape index (κ2) is 14.6. The van der Waals surface area contributed by atoms with Crippen LogP contribution in [0.1, 0.15) is 11.1 Å². The van der Waals surface area contributed by atoms with Crippen LogP contribution >= 0.6 is 0 Å². The van der Waals surface area contributed by atoms with Crippen molar-refractivity contribution in [1.29, 1.82) is 0 Å². The zero-order valence-electron chi connectivity index (χ0n) is 19.6. The average Bonchev–Trinajstić information content (AvgIpc) is 2.85. The number of benzene rings is 2. The second-order valence-corrected chi connectivity index (χ2v) is 7.43. The van der Waals surface area contributed by atoms with Gasteiger partial charge in [0.2, 0.25) is 0 Å². The number of fused-ring (bicyclic) bond motifs is 1. The third-order valence-electron chi connectivity index (χ3n) is 5.09. The van der Waals surface area contributed by atoms with Crippen molar-refractivity contribution in [1.82, 2.24) is 5.32 Å². The van der Waals surface area contributed by atoms with Gasteiger partial charge >= 0.3 is 0 Å². The second-order valence-electron chi connectivity index (χ2n) is 7.43. The Morgan fingerprint density at radius 2 is 1.27 bits per heavy atom. The van der Waals surface area contributed by atoms with E-state index in [0.29, 0.717) is 64.4 Å². The van der Waals surface area contributed by atoms with Gasteiger partial charge in [-0.05, 0) is 48.4 Å². The van der Waals surface area contributed by atoms with Crippen molar-refractivity contribution < 1.29 is 33.2 Å². The normalized spacial score (nSPS) is 15.8. The van der Waals surface area contributed by atoms with E-state index < -0.39 is 0 Å². The third kappa shape index (κ3) is 8.74. The Bertz CT molecular complexity index is 830. The predicted octanol–water partition coefficient (Wildman–Crippen LogP) is 2.86. The summed E-state index contributed by atoms with van der Waals surface area (Å²) in [6, 6.07) is 12.0. The summed E-state index contributed by atoms with van der Waals surface area (Å²) >= 11 is 0. The number of nitrogens with one attached hydrogen (secondary N) is 1. The molecule has 1 aliphatic heterocycles. The molecular weight excluding hydrogens is 426 g/mol. The lowest BCUT2D eigenvalue weighted by Crippen LogP contribution is -2.17. The fourth-order valence-electron chi connectivity index (χ4n) is 3.36. The number of rotatable bonds is 7. The van der Waals surface area contributed by atoms with Crippen LogP contribution in [0, 0.1) is 0 Å². The molecule has 0 aromatic heterocycles. The van der Waals surface area contributed by atoms with Crippen molar-refractivity contribution in [2.75, 3.05) is 73.6 Å². The molecule has 1 heterocycles. The van der Waals surface area contributed by atoms with E-state index in [0.717, 1.165) is 36.6 Å². The summed E-state index contributed by atoms with van der Waals surface area (Å²) in [4.78, 5) is 0. The number of hydrogen-bond acceptors (Lipinski definition) is 8. The number of ether oxygens (including phenoxy) is 7. The maximum Gasteiger partial charge on any atom is 0.161 e. The Morgan fingerprint density at radius 3 is 1.94 bits per heavy atom. The molecular formula is C25H35NO7. The van der Waals surface area contributed by atoms with Crippen molar-refractivity contribution in [3.05, 3.63) is 47.5 Å². The van der Waals surface area contributed by atoms with Gasteiger partial charge in [0, 0.05) is 6.54 Å². The van der Waals surface area contributed by atoms with Crippen molar-refractivity contribution >= 4 is 0 Å². The van der Waals surface area contributed by atoms with Crippen LogP contribution in [0.3, 0.4) is 0 Å². The van der Waals surface area contributed by atoms with E-state index in [2.05, 4.69) is 11.4 Å². The van der Waals surface area contributed by atoms with Gasteiger partial charge in [-0.2, -0.15) is 0 Å². The molecule has 0 saturated heterocycles. The highest BCUT2D eigenvalue weighted by Crippen LogP contribution is 2.29. The summed E-state index contributed by atoms with van der Waals surface area (Å²) in [6.45, 7) is 5.63. The quantitative estimate of drug-likeness (QED) is 0.631. The van der Waals surface area contributed by atoms with E-state index in [1.807, 2.05) is 30.3 Å². The minimum Gasteiger partial charge on any atom is -0.493 e. The summed E-state index contributed by atoms with van der Waals surface area (Å²) in [5.74, 6) is 2.90. The first kappa shape index (κ1) is 25.1. The van der Waals surface area contributed by atoms with Gasteiger partial charge in [-0.25, -0.2) is 0 Å². The SMILES string of the molecule is COc1ccc(CCNCc2ccc3c(c2)OCCOCCOCCOCCO3)cc1OC. The maximum absolute atomic E-state index is 5.94. The fraction of sp³-hybridized carbons (Fsp3) is 0.520. The topological polar surface area (TPSA) is 76.6 Å². The van der Waals surface area contributed by atoms with Gasteiger partial charge in [-0.1, -0.05) is 12.1 Å². The van der Waals surface area contributed by atoms with Gasteiger partial charge in [0.05, 0.1) is 53.9 Å². The lowest BCUT2D eigenvalue weighted by Gasteiger charge is -2.15. The molecule has 1 N–H and O–H groups in total. The van der Waals surface area contributed by atoms with E-state index in [9.17, 15) is 0 Å². The molecule has 0 unspecified atom stereocenters. The van der Waals surface area contributed by atoms with Gasteiger partial charge in [0.15, 0.2) is 23.0 Å². The van der Waals surface area contributed by atoms with E-state index in [-0.39, 0.29) is 0 Å². The van der Waals surface area contributed by atoms with Crippen molar-refractivity contribution in [2.24, 2.45) is 0 Å². The molecule has 0 fully saturated rings. The molecule has 2 aromatic rings. The molecule has 0 amide bonds. The van der Waals surface area contributed by atoms with E-state index >= 15 is 0 Å². The first-order valence-electron chi connectivity index (χ1n) is 11.3. The van der Waals surface area contributed by atoms with Crippen LogP contribution in [0.4, 0.5) is 0 Å². The molecule has 0 bridgehead atoms. The van der Waals surface area contributed by atoms with E-state index in [4.69, 9.17) is 33.2 Å². The van der Waals surface area contributed by atoms with Crippen molar-refractivity contribution in [2.45, 2.75) is 13.0 Å². The monoisotopic (exact) mass is 461 g/mol. The smallest absolute Gasteiger partial charge is 0.161 e. The van der Waals surface area contributed by atoms with Gasteiger partial charge in [0.1, 0.15) is 13.2 Å². The molecule has 0 atom stereocenters. The Morgan fingerprint density at radius 1 is 0.667 bits per heavy atom. The van der Waals surface area contributed by atoms with Crippen LogP contribution in [0.15, 0.2) is 36.4 Å². The molecule has 1 aliphatic rings. The summed E-state index contributed by atoms with van der Waals surface area (Å²) in [5, 5.41) is 3.49. The molecule has 2 aromatic carbocycles. The molecule has 0 radical (unpaired) electrons. The standard InChI is InChI=1S/C25H35NO7/c1-27-22-5-3-20(17-24(22)28-2)7-8-26-19-21-4-6-23-25(18-21)33-16-14-31-12-10-29-9-11-30-13-15-32-23/h3-6,17-18,26H,7-16,19H2,1-2H3. The van der Waals surface area contributed by atoms with E-state index in [1.54, 1.807) is 14.2 Å². The molecule has 0 saturated carbocycles. The first-order valence-corrected chi connectivity index (χ1v) is 11.3. The van der Waals surface area contributed by atoms with Gasteiger partial charge in [-0.3, -0.25) is 0 Å².